The van der Waals surface area contributed by atoms with Crippen molar-refractivity contribution in [3.8, 4) is 28.3 Å². The number of hydrogen-bond donors (Lipinski definition) is 2. The highest BCUT2D eigenvalue weighted by Gasteiger charge is 2.15. The predicted molar refractivity (Wildman–Crippen MR) is 97.1 cm³/mol. The van der Waals surface area contributed by atoms with Crippen molar-refractivity contribution in [2.24, 2.45) is 0 Å². The van der Waals surface area contributed by atoms with Gasteiger partial charge in [0.15, 0.2) is 0 Å². The van der Waals surface area contributed by atoms with Crippen LogP contribution in [0.15, 0.2) is 54.6 Å². The Morgan fingerprint density at radius 1 is 0.720 bits per heavy atom. The lowest BCUT2D eigenvalue weighted by molar-refractivity contribution is 0.463. The van der Waals surface area contributed by atoms with Crippen molar-refractivity contribution in [2.75, 3.05) is 0 Å². The maximum Gasteiger partial charge on any atom is 0.145 e. The molecule has 0 aliphatic rings. The molecular formula is C20H17N3O2. The molecule has 0 saturated heterocycles. The third kappa shape index (κ3) is 2.41. The van der Waals surface area contributed by atoms with E-state index in [1.807, 2.05) is 62.4 Å². The van der Waals surface area contributed by atoms with Gasteiger partial charge in [-0.15, -0.1) is 15.0 Å². The number of aromatic nitrogens is 3. The Kier molecular flexibility index (Phi) is 3.42. The van der Waals surface area contributed by atoms with Crippen LogP contribution in [-0.4, -0.2) is 25.2 Å². The van der Waals surface area contributed by atoms with E-state index in [1.54, 1.807) is 6.07 Å². The molecule has 0 aliphatic carbocycles. The van der Waals surface area contributed by atoms with E-state index >= 15 is 0 Å². The number of aryl methyl sites for hydroxylation is 2. The number of benzene rings is 3. The second kappa shape index (κ2) is 5.63. The molecule has 2 N–H and O–H groups in total. The van der Waals surface area contributed by atoms with Gasteiger partial charge in [0.1, 0.15) is 28.2 Å². The topological polar surface area (TPSA) is 71.2 Å². The largest absolute Gasteiger partial charge is 0.507 e. The molecule has 25 heavy (non-hydrogen) atoms. The molecule has 0 fully saturated rings. The van der Waals surface area contributed by atoms with Gasteiger partial charge in [0.05, 0.1) is 0 Å². The number of nitrogens with zero attached hydrogens (tertiary/aromatic N) is 3. The molecular weight excluding hydrogens is 314 g/mol. The van der Waals surface area contributed by atoms with Gasteiger partial charge in [0.25, 0.3) is 0 Å². The SMILES string of the molecule is Cc1cccc(-c2cccc3nn(-c4cccc(C)c4O)nc23)c1O. The van der Waals surface area contributed by atoms with Crippen LogP contribution in [-0.2, 0) is 0 Å². The van der Waals surface area contributed by atoms with Crippen LogP contribution in [0.3, 0.4) is 0 Å². The number of fused-ring (bicyclic) bond motifs is 1. The molecule has 0 aliphatic heterocycles. The number of phenols is 2. The molecule has 5 nitrogen and oxygen atoms in total. The van der Waals surface area contributed by atoms with E-state index in [9.17, 15) is 10.2 Å². The molecule has 0 unspecified atom stereocenters. The number of aromatic hydroxyl groups is 2. The van der Waals surface area contributed by atoms with Gasteiger partial charge in [-0.3, -0.25) is 0 Å². The molecule has 0 bridgehead atoms. The van der Waals surface area contributed by atoms with Gasteiger partial charge < -0.3 is 10.2 Å². The first-order valence-corrected chi connectivity index (χ1v) is 8.00. The Morgan fingerprint density at radius 3 is 2.16 bits per heavy atom. The highest BCUT2D eigenvalue weighted by atomic mass is 16.3. The van der Waals surface area contributed by atoms with Crippen LogP contribution >= 0.6 is 0 Å². The van der Waals surface area contributed by atoms with Gasteiger partial charge in [-0.2, -0.15) is 0 Å². The van der Waals surface area contributed by atoms with E-state index in [4.69, 9.17) is 0 Å². The molecule has 0 spiro atoms. The van der Waals surface area contributed by atoms with Gasteiger partial charge in [-0.1, -0.05) is 42.5 Å². The van der Waals surface area contributed by atoms with Gasteiger partial charge >= 0.3 is 0 Å². The van der Waals surface area contributed by atoms with E-state index < -0.39 is 0 Å². The summed E-state index contributed by atoms with van der Waals surface area (Å²) >= 11 is 0. The zero-order chi connectivity index (χ0) is 17.6. The molecule has 0 radical (unpaired) electrons. The maximum atomic E-state index is 10.4. The van der Waals surface area contributed by atoms with Crippen LogP contribution in [0, 0.1) is 13.8 Å². The second-order valence-corrected chi connectivity index (χ2v) is 6.08. The summed E-state index contributed by atoms with van der Waals surface area (Å²) in [7, 11) is 0. The molecule has 4 rings (SSSR count). The molecule has 3 aromatic carbocycles. The summed E-state index contributed by atoms with van der Waals surface area (Å²) in [5.74, 6) is 0.394. The number of rotatable bonds is 2. The predicted octanol–water partition coefficient (Wildman–Crippen LogP) is 4.12. The molecule has 5 heteroatoms. The summed E-state index contributed by atoms with van der Waals surface area (Å²) in [6.07, 6.45) is 0. The number of para-hydroxylation sites is 2. The van der Waals surface area contributed by atoms with E-state index in [2.05, 4.69) is 10.2 Å². The summed E-state index contributed by atoms with van der Waals surface area (Å²) in [5, 5.41) is 29.8. The zero-order valence-electron chi connectivity index (χ0n) is 13.9. The van der Waals surface area contributed by atoms with Crippen molar-refractivity contribution in [3.63, 3.8) is 0 Å². The van der Waals surface area contributed by atoms with E-state index in [-0.39, 0.29) is 11.5 Å². The first-order valence-electron chi connectivity index (χ1n) is 8.00. The lowest BCUT2D eigenvalue weighted by Crippen LogP contribution is -1.99. The Hall–Kier alpha value is -3.34. The third-order valence-electron chi connectivity index (χ3n) is 4.37. The van der Waals surface area contributed by atoms with Crippen molar-refractivity contribution in [3.05, 3.63) is 65.7 Å². The van der Waals surface area contributed by atoms with Crippen molar-refractivity contribution in [1.82, 2.24) is 15.0 Å². The Labute approximate surface area is 144 Å². The molecule has 0 amide bonds. The second-order valence-electron chi connectivity index (χ2n) is 6.08. The average molecular weight is 331 g/mol. The minimum absolute atomic E-state index is 0.155. The number of hydrogen-bond acceptors (Lipinski definition) is 4. The number of phenolic OH excluding ortho intramolecular Hbond substituents is 2. The van der Waals surface area contributed by atoms with Crippen molar-refractivity contribution in [1.29, 1.82) is 0 Å². The average Bonchev–Trinajstić information content (AvgIpc) is 3.04. The summed E-state index contributed by atoms with van der Waals surface area (Å²) < 4.78 is 0. The normalized spacial score (nSPS) is 11.1. The Bertz CT molecular complexity index is 1100. The van der Waals surface area contributed by atoms with Gasteiger partial charge in [-0.05, 0) is 37.1 Å². The summed E-state index contributed by atoms with van der Waals surface area (Å²) in [6, 6.07) is 16.7. The summed E-state index contributed by atoms with van der Waals surface area (Å²) in [6.45, 7) is 3.69. The fourth-order valence-electron chi connectivity index (χ4n) is 2.94. The third-order valence-corrected chi connectivity index (χ3v) is 4.37. The van der Waals surface area contributed by atoms with E-state index in [0.29, 0.717) is 22.3 Å². The first kappa shape index (κ1) is 15.2. The smallest absolute Gasteiger partial charge is 0.145 e. The zero-order valence-corrected chi connectivity index (χ0v) is 13.9. The van der Waals surface area contributed by atoms with Gasteiger partial charge in [-0.25, -0.2) is 0 Å². The maximum absolute atomic E-state index is 10.4. The lowest BCUT2D eigenvalue weighted by Gasteiger charge is -2.07. The van der Waals surface area contributed by atoms with Crippen molar-refractivity contribution >= 4 is 11.0 Å². The van der Waals surface area contributed by atoms with E-state index in [0.717, 1.165) is 16.7 Å². The minimum Gasteiger partial charge on any atom is -0.507 e. The highest BCUT2D eigenvalue weighted by Crippen LogP contribution is 2.35. The Morgan fingerprint density at radius 2 is 1.36 bits per heavy atom. The van der Waals surface area contributed by atoms with Gasteiger partial charge in [0, 0.05) is 11.1 Å². The van der Waals surface area contributed by atoms with Crippen molar-refractivity contribution < 1.29 is 10.2 Å². The summed E-state index contributed by atoms with van der Waals surface area (Å²) in [5.41, 5.74) is 4.97. The van der Waals surface area contributed by atoms with Crippen LogP contribution in [0.4, 0.5) is 0 Å². The molecule has 1 aromatic heterocycles. The van der Waals surface area contributed by atoms with Crippen molar-refractivity contribution in [2.45, 2.75) is 13.8 Å². The van der Waals surface area contributed by atoms with Crippen LogP contribution < -0.4 is 0 Å². The van der Waals surface area contributed by atoms with Gasteiger partial charge in [0.2, 0.25) is 0 Å². The fourth-order valence-corrected chi connectivity index (χ4v) is 2.94. The van der Waals surface area contributed by atoms with E-state index in [1.165, 1.54) is 4.80 Å². The fraction of sp³-hybridized carbons (Fsp3) is 0.100. The summed E-state index contributed by atoms with van der Waals surface area (Å²) in [4.78, 5) is 1.43. The minimum atomic E-state index is 0.155. The molecule has 4 aromatic rings. The Balaban J connectivity index is 1.96. The lowest BCUT2D eigenvalue weighted by atomic mass is 10.0. The quantitative estimate of drug-likeness (QED) is 0.580. The molecule has 124 valence electrons. The monoisotopic (exact) mass is 331 g/mol. The van der Waals surface area contributed by atoms with Crippen LogP contribution in [0.5, 0.6) is 11.5 Å². The van der Waals surface area contributed by atoms with Crippen LogP contribution in [0.2, 0.25) is 0 Å². The first-order chi connectivity index (χ1) is 12.1. The van der Waals surface area contributed by atoms with Crippen LogP contribution in [0.1, 0.15) is 11.1 Å². The molecule has 0 saturated carbocycles. The standard InChI is InChI=1S/C20H17N3O2/c1-12-6-3-9-15(19(12)24)14-8-5-10-16-18(14)22-23(21-16)17-11-4-7-13(2)20(17)25/h3-11,24-25H,1-2H3. The molecule has 0 atom stereocenters. The highest BCUT2D eigenvalue weighted by molar-refractivity contribution is 5.93. The molecule has 1 heterocycles. The van der Waals surface area contributed by atoms with Crippen LogP contribution in [0.25, 0.3) is 27.8 Å².